The molecular weight excluding hydrogens is 386 g/mol. The molecule has 0 bridgehead atoms. The molecule has 0 atom stereocenters. The topological polar surface area (TPSA) is 58.4 Å². The molecule has 0 radical (unpaired) electrons. The van der Waals surface area contributed by atoms with E-state index in [4.69, 9.17) is 4.42 Å². The molecule has 2 aromatic carbocycles. The second kappa shape index (κ2) is 8.22. The molecule has 162 valence electrons. The first-order valence-electron chi connectivity index (χ1n) is 10.9. The minimum absolute atomic E-state index is 0.0717. The second-order valence-corrected chi connectivity index (χ2v) is 9.57. The average molecular weight is 418 g/mol. The third kappa shape index (κ3) is 4.50. The monoisotopic (exact) mass is 417 g/mol. The number of oxazole rings is 1. The molecule has 3 aromatic rings. The molecule has 0 saturated heterocycles. The summed E-state index contributed by atoms with van der Waals surface area (Å²) in [6.45, 7) is 6.56. The summed E-state index contributed by atoms with van der Waals surface area (Å²) in [6, 6.07) is 16.4. The van der Waals surface area contributed by atoms with Crippen molar-refractivity contribution in [2.24, 2.45) is 0 Å². The van der Waals surface area contributed by atoms with Crippen LogP contribution in [0.25, 0.3) is 22.8 Å². The minimum Gasteiger partial charge on any atom is -0.435 e. The van der Waals surface area contributed by atoms with E-state index in [1.807, 2.05) is 55.4 Å². The van der Waals surface area contributed by atoms with Gasteiger partial charge in [-0.15, -0.1) is 0 Å². The van der Waals surface area contributed by atoms with E-state index in [0.717, 1.165) is 36.1 Å². The van der Waals surface area contributed by atoms with Crippen LogP contribution in [0.3, 0.4) is 0 Å². The SMILES string of the molecule is CN(C)c1ccc(-c2oc(-c3ccc(C(C)(C)C)cc3)nc2C(=O)NC2CCC2)cc1. The average Bonchev–Trinajstić information content (AvgIpc) is 3.15. The van der Waals surface area contributed by atoms with E-state index in [9.17, 15) is 4.79 Å². The molecule has 1 aliphatic rings. The predicted octanol–water partition coefficient (Wildman–Crippen LogP) is 5.65. The molecule has 1 N–H and O–H groups in total. The molecule has 4 rings (SSSR count). The lowest BCUT2D eigenvalue weighted by Gasteiger charge is -2.25. The summed E-state index contributed by atoms with van der Waals surface area (Å²) < 4.78 is 6.18. The first-order chi connectivity index (χ1) is 14.7. The summed E-state index contributed by atoms with van der Waals surface area (Å²) in [7, 11) is 4.00. The van der Waals surface area contributed by atoms with E-state index in [2.05, 4.69) is 43.2 Å². The maximum absolute atomic E-state index is 13.0. The van der Waals surface area contributed by atoms with E-state index in [1.165, 1.54) is 5.56 Å². The molecule has 1 saturated carbocycles. The van der Waals surface area contributed by atoms with E-state index < -0.39 is 0 Å². The third-order valence-corrected chi connectivity index (χ3v) is 5.93. The van der Waals surface area contributed by atoms with Crippen molar-refractivity contribution in [3.05, 3.63) is 59.8 Å². The number of rotatable bonds is 5. The van der Waals surface area contributed by atoms with Gasteiger partial charge in [0.2, 0.25) is 5.89 Å². The fourth-order valence-electron chi connectivity index (χ4n) is 3.62. The first kappa shape index (κ1) is 21.2. The van der Waals surface area contributed by atoms with Crippen molar-refractivity contribution in [2.75, 3.05) is 19.0 Å². The number of carbonyl (C=O) groups excluding carboxylic acids is 1. The fraction of sp³-hybridized carbons (Fsp3) is 0.385. The van der Waals surface area contributed by atoms with Crippen LogP contribution in [0.2, 0.25) is 0 Å². The number of nitrogens with one attached hydrogen (secondary N) is 1. The Hall–Kier alpha value is -3.08. The number of amides is 1. The first-order valence-corrected chi connectivity index (χ1v) is 10.9. The molecule has 1 fully saturated rings. The van der Waals surface area contributed by atoms with Crippen molar-refractivity contribution in [1.82, 2.24) is 10.3 Å². The highest BCUT2D eigenvalue weighted by Crippen LogP contribution is 2.32. The zero-order valence-electron chi connectivity index (χ0n) is 19.0. The fourth-order valence-corrected chi connectivity index (χ4v) is 3.62. The van der Waals surface area contributed by atoms with Crippen LogP contribution in [0, 0.1) is 0 Å². The highest BCUT2D eigenvalue weighted by atomic mass is 16.4. The van der Waals surface area contributed by atoms with Crippen LogP contribution in [0.1, 0.15) is 56.1 Å². The number of hydrogen-bond acceptors (Lipinski definition) is 4. The number of carbonyl (C=O) groups is 1. The van der Waals surface area contributed by atoms with E-state index in [0.29, 0.717) is 17.3 Å². The molecule has 0 unspecified atom stereocenters. The summed E-state index contributed by atoms with van der Waals surface area (Å²) in [5, 5.41) is 3.10. The molecule has 1 heterocycles. The van der Waals surface area contributed by atoms with Gasteiger partial charge in [0, 0.05) is 37.0 Å². The number of benzene rings is 2. The van der Waals surface area contributed by atoms with Crippen LogP contribution >= 0.6 is 0 Å². The molecule has 0 spiro atoms. The Balaban J connectivity index is 1.71. The molecule has 5 nitrogen and oxygen atoms in total. The van der Waals surface area contributed by atoms with Gasteiger partial charge in [-0.3, -0.25) is 4.79 Å². The van der Waals surface area contributed by atoms with Gasteiger partial charge in [-0.25, -0.2) is 4.98 Å². The van der Waals surface area contributed by atoms with Gasteiger partial charge in [-0.05, 0) is 66.6 Å². The van der Waals surface area contributed by atoms with Crippen molar-refractivity contribution in [3.63, 3.8) is 0 Å². The Morgan fingerprint density at radius 2 is 1.61 bits per heavy atom. The van der Waals surface area contributed by atoms with Crippen LogP contribution in [-0.4, -0.2) is 31.0 Å². The van der Waals surface area contributed by atoms with Crippen molar-refractivity contribution in [2.45, 2.75) is 51.5 Å². The zero-order valence-corrected chi connectivity index (χ0v) is 19.0. The Kier molecular flexibility index (Phi) is 5.61. The molecular formula is C26H31N3O2. The Labute approximate surface area is 184 Å². The van der Waals surface area contributed by atoms with Crippen LogP contribution < -0.4 is 10.2 Å². The summed E-state index contributed by atoms with van der Waals surface area (Å²) >= 11 is 0. The maximum atomic E-state index is 13.0. The summed E-state index contributed by atoms with van der Waals surface area (Å²) in [5.74, 6) is 0.806. The number of anilines is 1. The van der Waals surface area contributed by atoms with Crippen molar-refractivity contribution in [3.8, 4) is 22.8 Å². The highest BCUT2D eigenvalue weighted by molar-refractivity contribution is 5.98. The maximum Gasteiger partial charge on any atom is 0.274 e. The molecule has 1 aromatic heterocycles. The standard InChI is InChI=1S/C26H31N3O2/c1-26(2,3)19-13-9-18(10-14-19)25-28-22(24(30)27-20-7-6-8-20)23(31-25)17-11-15-21(16-12-17)29(4)5/h9-16,20H,6-8H2,1-5H3,(H,27,30). The van der Waals surface area contributed by atoms with Gasteiger partial charge in [0.1, 0.15) is 0 Å². The number of aromatic nitrogens is 1. The summed E-state index contributed by atoms with van der Waals surface area (Å²) in [4.78, 5) is 19.7. The number of nitrogens with zero attached hydrogens (tertiary/aromatic N) is 2. The van der Waals surface area contributed by atoms with Gasteiger partial charge in [0.25, 0.3) is 5.91 Å². The van der Waals surface area contributed by atoms with Crippen molar-refractivity contribution >= 4 is 11.6 Å². The predicted molar refractivity (Wildman–Crippen MR) is 126 cm³/mol. The Morgan fingerprint density at radius 1 is 1.00 bits per heavy atom. The second-order valence-electron chi connectivity index (χ2n) is 9.57. The van der Waals surface area contributed by atoms with E-state index >= 15 is 0 Å². The zero-order chi connectivity index (χ0) is 22.2. The van der Waals surface area contributed by atoms with Crippen LogP contribution in [-0.2, 0) is 5.41 Å². The summed E-state index contributed by atoms with van der Waals surface area (Å²) in [6.07, 6.45) is 3.21. The van der Waals surface area contributed by atoms with Crippen LogP contribution in [0.5, 0.6) is 0 Å². The van der Waals surface area contributed by atoms with Crippen LogP contribution in [0.15, 0.2) is 52.9 Å². The van der Waals surface area contributed by atoms with E-state index in [1.54, 1.807) is 0 Å². The lowest BCUT2D eigenvalue weighted by Crippen LogP contribution is -2.39. The van der Waals surface area contributed by atoms with Crippen molar-refractivity contribution < 1.29 is 9.21 Å². The molecule has 5 heteroatoms. The van der Waals surface area contributed by atoms with Gasteiger partial charge in [0.15, 0.2) is 11.5 Å². The van der Waals surface area contributed by atoms with Gasteiger partial charge >= 0.3 is 0 Å². The summed E-state index contributed by atoms with van der Waals surface area (Å²) in [5.41, 5.74) is 4.45. The Bertz CT molecular complexity index is 1050. The van der Waals surface area contributed by atoms with Gasteiger partial charge < -0.3 is 14.6 Å². The lowest BCUT2D eigenvalue weighted by atomic mass is 9.87. The molecule has 1 amide bonds. The molecule has 1 aliphatic carbocycles. The number of hydrogen-bond donors (Lipinski definition) is 1. The van der Waals surface area contributed by atoms with Crippen LogP contribution in [0.4, 0.5) is 5.69 Å². The largest absolute Gasteiger partial charge is 0.435 e. The quantitative estimate of drug-likeness (QED) is 0.582. The van der Waals surface area contributed by atoms with E-state index in [-0.39, 0.29) is 17.4 Å². The van der Waals surface area contributed by atoms with Gasteiger partial charge in [-0.1, -0.05) is 32.9 Å². The van der Waals surface area contributed by atoms with Gasteiger partial charge in [0.05, 0.1) is 0 Å². The highest BCUT2D eigenvalue weighted by Gasteiger charge is 2.26. The Morgan fingerprint density at radius 3 is 2.13 bits per heavy atom. The minimum atomic E-state index is -0.169. The van der Waals surface area contributed by atoms with Gasteiger partial charge in [-0.2, -0.15) is 0 Å². The van der Waals surface area contributed by atoms with Crippen molar-refractivity contribution in [1.29, 1.82) is 0 Å². The normalized spacial score (nSPS) is 14.2. The smallest absolute Gasteiger partial charge is 0.274 e. The lowest BCUT2D eigenvalue weighted by molar-refractivity contribution is 0.0912. The molecule has 31 heavy (non-hydrogen) atoms. The third-order valence-electron chi connectivity index (χ3n) is 5.93. The molecule has 0 aliphatic heterocycles.